The zero-order valence-electron chi connectivity index (χ0n) is 19.1. The molecule has 0 saturated carbocycles. The Kier molecular flexibility index (Phi) is 8.30. The quantitative estimate of drug-likeness (QED) is 0.346. The van der Waals surface area contributed by atoms with Crippen LogP contribution in [0.15, 0.2) is 54.6 Å². The number of rotatable bonds is 10. The van der Waals surface area contributed by atoms with Crippen LogP contribution in [0.5, 0.6) is 5.75 Å². The van der Waals surface area contributed by atoms with E-state index in [2.05, 4.69) is 11.9 Å². The molecule has 2 aromatic carbocycles. The Hall–Kier alpha value is -3.37. The SMILES string of the molecule is CN1CCC(Oc2ccc(N(CC=Cc3cccc(C(=N)N)c3)S(=O)(=O)CC(=O)O)cc2)CC1. The number of ether oxygens (including phenoxy) is 1. The summed E-state index contributed by atoms with van der Waals surface area (Å²) in [5, 5.41) is 16.6. The Labute approximate surface area is 200 Å². The van der Waals surface area contributed by atoms with Crippen LogP contribution in [0.2, 0.25) is 0 Å². The molecule has 1 aliphatic heterocycles. The number of benzene rings is 2. The fraction of sp³-hybridized carbons (Fsp3) is 0.333. The van der Waals surface area contributed by atoms with E-state index in [-0.39, 0.29) is 18.5 Å². The maximum absolute atomic E-state index is 12.8. The van der Waals surface area contributed by atoms with Gasteiger partial charge < -0.3 is 20.5 Å². The van der Waals surface area contributed by atoms with Crippen LogP contribution >= 0.6 is 0 Å². The molecule has 0 amide bonds. The Bertz CT molecular complexity index is 1140. The van der Waals surface area contributed by atoms with Gasteiger partial charge in [0, 0.05) is 18.7 Å². The molecule has 1 heterocycles. The van der Waals surface area contributed by atoms with Gasteiger partial charge in [0.05, 0.1) is 12.2 Å². The van der Waals surface area contributed by atoms with Gasteiger partial charge in [-0.25, -0.2) is 8.42 Å². The number of amidine groups is 1. The maximum atomic E-state index is 12.8. The molecule has 1 aliphatic rings. The number of carboxylic acids is 1. The summed E-state index contributed by atoms with van der Waals surface area (Å²) in [6.45, 7) is 1.87. The van der Waals surface area contributed by atoms with Crippen LogP contribution in [0.3, 0.4) is 0 Å². The van der Waals surface area contributed by atoms with Crippen LogP contribution in [-0.2, 0) is 14.8 Å². The van der Waals surface area contributed by atoms with Crippen molar-refractivity contribution in [2.24, 2.45) is 5.73 Å². The van der Waals surface area contributed by atoms with Crippen molar-refractivity contribution >= 4 is 33.6 Å². The molecule has 34 heavy (non-hydrogen) atoms. The minimum Gasteiger partial charge on any atom is -0.490 e. The summed E-state index contributed by atoms with van der Waals surface area (Å²) in [6, 6.07) is 13.6. The van der Waals surface area contributed by atoms with E-state index in [4.69, 9.17) is 21.0 Å². The fourth-order valence-electron chi connectivity index (χ4n) is 3.69. The number of hydrogen-bond donors (Lipinski definition) is 3. The first kappa shape index (κ1) is 25.3. The number of nitrogen functional groups attached to an aromatic ring is 1. The molecule has 0 atom stereocenters. The summed E-state index contributed by atoms with van der Waals surface area (Å²) in [5.41, 5.74) is 7.16. The van der Waals surface area contributed by atoms with Crippen molar-refractivity contribution in [1.82, 2.24) is 4.90 Å². The van der Waals surface area contributed by atoms with Crippen molar-refractivity contribution in [1.29, 1.82) is 5.41 Å². The number of nitrogens with zero attached hydrogens (tertiary/aromatic N) is 2. The highest BCUT2D eigenvalue weighted by Gasteiger charge is 2.25. The lowest BCUT2D eigenvalue weighted by Crippen LogP contribution is -2.36. The van der Waals surface area contributed by atoms with Gasteiger partial charge in [-0.05, 0) is 55.8 Å². The molecule has 1 saturated heterocycles. The lowest BCUT2D eigenvalue weighted by molar-refractivity contribution is -0.134. The number of piperidine rings is 1. The molecule has 0 aromatic heterocycles. The number of carbonyl (C=O) groups is 1. The lowest BCUT2D eigenvalue weighted by Gasteiger charge is -2.29. The van der Waals surface area contributed by atoms with Crippen molar-refractivity contribution in [2.45, 2.75) is 18.9 Å². The summed E-state index contributed by atoms with van der Waals surface area (Å²) in [4.78, 5) is 13.4. The molecule has 1 fully saturated rings. The van der Waals surface area contributed by atoms with Crippen LogP contribution in [0, 0.1) is 5.41 Å². The number of nitrogens with one attached hydrogen (secondary N) is 1. The zero-order valence-corrected chi connectivity index (χ0v) is 19.9. The second-order valence-electron chi connectivity index (χ2n) is 8.24. The van der Waals surface area contributed by atoms with Gasteiger partial charge >= 0.3 is 5.97 Å². The van der Waals surface area contributed by atoms with Gasteiger partial charge in [-0.2, -0.15) is 0 Å². The largest absolute Gasteiger partial charge is 0.490 e. The van der Waals surface area contributed by atoms with Gasteiger partial charge in [-0.15, -0.1) is 0 Å². The minimum atomic E-state index is -4.11. The summed E-state index contributed by atoms with van der Waals surface area (Å²) < 4.78 is 32.7. The molecule has 0 radical (unpaired) electrons. The van der Waals surface area contributed by atoms with E-state index in [0.717, 1.165) is 35.8 Å². The number of hydrogen-bond acceptors (Lipinski definition) is 6. The predicted molar refractivity (Wildman–Crippen MR) is 133 cm³/mol. The van der Waals surface area contributed by atoms with Crippen molar-refractivity contribution in [3.05, 3.63) is 65.7 Å². The van der Waals surface area contributed by atoms with E-state index in [1.54, 1.807) is 60.7 Å². The Morgan fingerprint density at radius 3 is 2.53 bits per heavy atom. The van der Waals surface area contributed by atoms with Crippen molar-refractivity contribution in [3.63, 3.8) is 0 Å². The first-order valence-electron chi connectivity index (χ1n) is 10.9. The number of carboxylic acid groups (broad SMARTS) is 1. The molecule has 0 aliphatic carbocycles. The molecule has 2 aromatic rings. The molecular weight excluding hydrogens is 456 g/mol. The lowest BCUT2D eigenvalue weighted by atomic mass is 10.1. The van der Waals surface area contributed by atoms with E-state index < -0.39 is 21.7 Å². The minimum absolute atomic E-state index is 0.0604. The first-order valence-corrected chi connectivity index (χ1v) is 12.5. The fourth-order valence-corrected chi connectivity index (χ4v) is 4.92. The van der Waals surface area contributed by atoms with Gasteiger partial charge in [0.2, 0.25) is 10.0 Å². The number of anilines is 1. The maximum Gasteiger partial charge on any atom is 0.320 e. The van der Waals surface area contributed by atoms with Crippen LogP contribution < -0.4 is 14.8 Å². The average molecular weight is 487 g/mol. The normalized spacial score (nSPS) is 15.3. The number of nitrogens with two attached hydrogens (primary N) is 1. The molecule has 4 N–H and O–H groups in total. The highest BCUT2D eigenvalue weighted by atomic mass is 32.2. The van der Waals surface area contributed by atoms with Crippen LogP contribution in [0.4, 0.5) is 5.69 Å². The first-order chi connectivity index (χ1) is 16.1. The Morgan fingerprint density at radius 1 is 1.24 bits per heavy atom. The van der Waals surface area contributed by atoms with Crippen LogP contribution in [0.25, 0.3) is 6.08 Å². The van der Waals surface area contributed by atoms with Gasteiger partial charge in [0.15, 0.2) is 5.75 Å². The summed E-state index contributed by atoms with van der Waals surface area (Å²) >= 11 is 0. The summed E-state index contributed by atoms with van der Waals surface area (Å²) in [7, 11) is -2.04. The van der Waals surface area contributed by atoms with Crippen molar-refractivity contribution in [3.8, 4) is 5.75 Å². The highest BCUT2D eigenvalue weighted by Crippen LogP contribution is 2.25. The van der Waals surface area contributed by atoms with Crippen molar-refractivity contribution in [2.75, 3.05) is 36.7 Å². The van der Waals surface area contributed by atoms with Gasteiger partial charge in [-0.1, -0.05) is 30.4 Å². The van der Waals surface area contributed by atoms with E-state index in [1.807, 2.05) is 0 Å². The molecule has 3 rings (SSSR count). The Balaban J connectivity index is 1.77. The summed E-state index contributed by atoms with van der Waals surface area (Å²) in [6.07, 6.45) is 5.29. The van der Waals surface area contributed by atoms with E-state index in [0.29, 0.717) is 17.0 Å². The second-order valence-corrected chi connectivity index (χ2v) is 10.1. The smallest absolute Gasteiger partial charge is 0.320 e. The number of aliphatic carboxylic acids is 1. The van der Waals surface area contributed by atoms with Gasteiger partial charge in [-0.3, -0.25) is 14.5 Å². The zero-order chi connectivity index (χ0) is 24.7. The van der Waals surface area contributed by atoms with Gasteiger partial charge in [0.1, 0.15) is 17.7 Å². The topological polar surface area (TPSA) is 137 Å². The van der Waals surface area contributed by atoms with E-state index in [9.17, 15) is 13.2 Å². The third-order valence-corrected chi connectivity index (χ3v) is 7.16. The molecule has 182 valence electrons. The molecule has 10 heteroatoms. The Morgan fingerprint density at radius 2 is 1.91 bits per heavy atom. The highest BCUT2D eigenvalue weighted by molar-refractivity contribution is 7.93. The molecule has 9 nitrogen and oxygen atoms in total. The summed E-state index contributed by atoms with van der Waals surface area (Å²) in [5.74, 6) is -1.87. The second kappa shape index (κ2) is 11.2. The molecule has 0 spiro atoms. The van der Waals surface area contributed by atoms with Crippen LogP contribution in [-0.4, -0.2) is 68.8 Å². The predicted octanol–water partition coefficient (Wildman–Crippen LogP) is 2.38. The molecule has 0 bridgehead atoms. The number of likely N-dealkylation sites (tertiary alicyclic amines) is 1. The van der Waals surface area contributed by atoms with E-state index in [1.165, 1.54) is 0 Å². The third-order valence-electron chi connectivity index (χ3n) is 5.51. The van der Waals surface area contributed by atoms with Gasteiger partial charge in [0.25, 0.3) is 0 Å². The third kappa shape index (κ3) is 7.06. The monoisotopic (exact) mass is 486 g/mol. The van der Waals surface area contributed by atoms with E-state index >= 15 is 0 Å². The average Bonchev–Trinajstić information content (AvgIpc) is 2.78. The molecular formula is C24H30N4O5S. The number of sulfonamides is 1. The van der Waals surface area contributed by atoms with Crippen molar-refractivity contribution < 1.29 is 23.1 Å². The molecule has 0 unspecified atom stereocenters. The standard InChI is InChI=1S/C24H30N4O5S/c1-27-14-11-22(12-15-27)33-21-9-7-20(8-10-21)28(34(31,32)17-23(29)30)13-3-5-18-4-2-6-19(16-18)24(25)26/h2-10,16,22H,11-15,17H2,1H3,(H3,25,26)(H,29,30). The van der Waals surface area contributed by atoms with Crippen LogP contribution in [0.1, 0.15) is 24.0 Å².